The highest BCUT2D eigenvalue weighted by Gasteiger charge is 2.27. The van der Waals surface area contributed by atoms with E-state index in [1.54, 1.807) is 11.3 Å². The van der Waals surface area contributed by atoms with Crippen LogP contribution in [0.4, 0.5) is 0 Å². The van der Waals surface area contributed by atoms with Gasteiger partial charge in [-0.15, -0.1) is 11.3 Å². The first-order chi connectivity index (χ1) is 11.8. The van der Waals surface area contributed by atoms with Crippen LogP contribution in [0.25, 0.3) is 11.0 Å². The second-order valence-corrected chi connectivity index (χ2v) is 7.33. The van der Waals surface area contributed by atoms with E-state index in [1.807, 2.05) is 18.2 Å². The minimum absolute atomic E-state index is 0.121. The van der Waals surface area contributed by atoms with Crippen molar-refractivity contribution >= 4 is 28.3 Å². The lowest BCUT2D eigenvalue weighted by Crippen LogP contribution is -2.44. The van der Waals surface area contributed by atoms with Crippen molar-refractivity contribution in [2.75, 3.05) is 6.54 Å². The summed E-state index contributed by atoms with van der Waals surface area (Å²) in [6.45, 7) is 0.852. The summed E-state index contributed by atoms with van der Waals surface area (Å²) in [6.07, 6.45) is 5.49. The van der Waals surface area contributed by atoms with Crippen molar-refractivity contribution in [3.8, 4) is 0 Å². The molecule has 0 spiro atoms. The molecule has 0 bridgehead atoms. The summed E-state index contributed by atoms with van der Waals surface area (Å²) in [5.74, 6) is 0.121. The van der Waals surface area contributed by atoms with Gasteiger partial charge in [-0.3, -0.25) is 4.79 Å². The maximum Gasteiger partial charge on any atom is 0.254 e. The van der Waals surface area contributed by atoms with E-state index in [-0.39, 0.29) is 5.91 Å². The largest absolute Gasteiger partial charge is 0.336 e. The Bertz CT molecular complexity index is 827. The standard InChI is InChI=1S/C18H20N4OS/c23-18(13-6-9-16-17(12-13)20-21-19-16)22-10-2-1-4-14(22)7-8-15-5-3-11-24-15/h3,5-6,9,11-12,14H,1-2,4,7-8,10H2,(H,19,20,21). The Morgan fingerprint density at radius 2 is 2.17 bits per heavy atom. The van der Waals surface area contributed by atoms with Gasteiger partial charge in [0.1, 0.15) is 11.0 Å². The molecule has 5 nitrogen and oxygen atoms in total. The van der Waals surface area contributed by atoms with Gasteiger partial charge in [-0.2, -0.15) is 15.4 Å². The van der Waals surface area contributed by atoms with Gasteiger partial charge in [-0.25, -0.2) is 0 Å². The molecule has 1 amide bonds. The molecule has 124 valence electrons. The number of rotatable bonds is 4. The van der Waals surface area contributed by atoms with Crippen molar-refractivity contribution in [3.63, 3.8) is 0 Å². The maximum absolute atomic E-state index is 13.0. The fourth-order valence-electron chi connectivity index (χ4n) is 3.47. The molecule has 1 unspecified atom stereocenters. The molecule has 2 aromatic heterocycles. The molecule has 3 aromatic rings. The molecular weight excluding hydrogens is 320 g/mol. The quantitative estimate of drug-likeness (QED) is 0.788. The minimum atomic E-state index is 0.121. The van der Waals surface area contributed by atoms with E-state index in [2.05, 4.69) is 37.8 Å². The number of nitrogens with one attached hydrogen (secondary N) is 1. The van der Waals surface area contributed by atoms with Crippen LogP contribution in [0.5, 0.6) is 0 Å². The van der Waals surface area contributed by atoms with Crippen molar-refractivity contribution in [2.24, 2.45) is 0 Å². The predicted molar refractivity (Wildman–Crippen MR) is 95.2 cm³/mol. The maximum atomic E-state index is 13.0. The van der Waals surface area contributed by atoms with Gasteiger partial charge in [-0.1, -0.05) is 6.07 Å². The van der Waals surface area contributed by atoms with E-state index in [9.17, 15) is 4.79 Å². The molecule has 24 heavy (non-hydrogen) atoms. The summed E-state index contributed by atoms with van der Waals surface area (Å²) >= 11 is 1.80. The molecule has 1 aliphatic heterocycles. The average molecular weight is 340 g/mol. The summed E-state index contributed by atoms with van der Waals surface area (Å²) < 4.78 is 0. The number of piperidine rings is 1. The number of likely N-dealkylation sites (tertiary alicyclic amines) is 1. The SMILES string of the molecule is O=C(c1ccc2n[nH]nc2c1)N1CCCCC1CCc1cccs1. The molecule has 0 radical (unpaired) electrons. The summed E-state index contributed by atoms with van der Waals surface area (Å²) in [4.78, 5) is 16.5. The summed E-state index contributed by atoms with van der Waals surface area (Å²) in [7, 11) is 0. The first kappa shape index (κ1) is 15.3. The normalized spacial score (nSPS) is 18.2. The molecule has 3 heterocycles. The van der Waals surface area contributed by atoms with Gasteiger partial charge in [0.05, 0.1) is 0 Å². The van der Waals surface area contributed by atoms with Crippen LogP contribution in [0.2, 0.25) is 0 Å². The molecular formula is C18H20N4OS. The van der Waals surface area contributed by atoms with Crippen LogP contribution in [0.1, 0.15) is 40.9 Å². The van der Waals surface area contributed by atoms with Gasteiger partial charge >= 0.3 is 0 Å². The van der Waals surface area contributed by atoms with Gasteiger partial charge in [-0.05, 0) is 61.7 Å². The molecule has 0 saturated carbocycles. The van der Waals surface area contributed by atoms with Crippen LogP contribution in [0.3, 0.4) is 0 Å². The smallest absolute Gasteiger partial charge is 0.254 e. The van der Waals surface area contributed by atoms with Crippen molar-refractivity contribution in [2.45, 2.75) is 38.1 Å². The number of thiophene rings is 1. The van der Waals surface area contributed by atoms with E-state index in [0.717, 1.165) is 43.3 Å². The third-order valence-corrected chi connectivity index (χ3v) is 5.69. The van der Waals surface area contributed by atoms with E-state index in [4.69, 9.17) is 0 Å². The number of aryl methyl sites for hydroxylation is 1. The van der Waals surface area contributed by atoms with Crippen molar-refractivity contribution in [1.82, 2.24) is 20.3 Å². The third kappa shape index (κ3) is 3.06. The zero-order valence-electron chi connectivity index (χ0n) is 13.4. The topological polar surface area (TPSA) is 61.9 Å². The first-order valence-corrected chi connectivity index (χ1v) is 9.33. The number of nitrogens with zero attached hydrogens (tertiary/aromatic N) is 3. The van der Waals surface area contributed by atoms with Crippen molar-refractivity contribution in [3.05, 3.63) is 46.2 Å². The van der Waals surface area contributed by atoms with E-state index >= 15 is 0 Å². The monoisotopic (exact) mass is 340 g/mol. The second-order valence-electron chi connectivity index (χ2n) is 6.29. The number of amides is 1. The Balaban J connectivity index is 1.51. The molecule has 1 aliphatic rings. The number of aromatic amines is 1. The molecule has 0 aliphatic carbocycles. The number of aromatic nitrogens is 3. The van der Waals surface area contributed by atoms with Gasteiger partial charge in [0, 0.05) is 23.0 Å². The zero-order chi connectivity index (χ0) is 16.4. The van der Waals surface area contributed by atoms with Crippen LogP contribution in [0, 0.1) is 0 Å². The second kappa shape index (κ2) is 6.73. The Morgan fingerprint density at radius 1 is 1.25 bits per heavy atom. The predicted octanol–water partition coefficient (Wildman–Crippen LogP) is 3.65. The highest BCUT2D eigenvalue weighted by atomic mass is 32.1. The summed E-state index contributed by atoms with van der Waals surface area (Å²) in [5, 5.41) is 12.9. The van der Waals surface area contributed by atoms with Gasteiger partial charge in [0.15, 0.2) is 0 Å². The van der Waals surface area contributed by atoms with Crippen LogP contribution in [-0.4, -0.2) is 38.8 Å². The molecule has 6 heteroatoms. The number of H-pyrrole nitrogens is 1. The van der Waals surface area contributed by atoms with Crippen LogP contribution in [-0.2, 0) is 6.42 Å². The number of carbonyl (C=O) groups excluding carboxylic acids is 1. The highest BCUT2D eigenvalue weighted by molar-refractivity contribution is 7.09. The van der Waals surface area contributed by atoms with E-state index < -0.39 is 0 Å². The van der Waals surface area contributed by atoms with E-state index in [1.165, 1.54) is 11.3 Å². The highest BCUT2D eigenvalue weighted by Crippen LogP contribution is 2.25. The number of carbonyl (C=O) groups is 1. The lowest BCUT2D eigenvalue weighted by molar-refractivity contribution is 0.0602. The Kier molecular flexibility index (Phi) is 4.30. The Labute approximate surface area is 144 Å². The van der Waals surface area contributed by atoms with E-state index in [0.29, 0.717) is 11.6 Å². The average Bonchev–Trinajstić information content (AvgIpc) is 3.30. The number of hydrogen-bond donors (Lipinski definition) is 1. The lowest BCUT2D eigenvalue weighted by atomic mass is 9.96. The fourth-order valence-corrected chi connectivity index (χ4v) is 4.20. The van der Waals surface area contributed by atoms with Crippen molar-refractivity contribution in [1.29, 1.82) is 0 Å². The van der Waals surface area contributed by atoms with Crippen LogP contribution in [0.15, 0.2) is 35.7 Å². The molecule has 1 atom stereocenters. The van der Waals surface area contributed by atoms with Crippen LogP contribution < -0.4 is 0 Å². The minimum Gasteiger partial charge on any atom is -0.336 e. The molecule has 1 fully saturated rings. The van der Waals surface area contributed by atoms with Crippen molar-refractivity contribution < 1.29 is 4.79 Å². The Morgan fingerprint density at radius 3 is 3.04 bits per heavy atom. The zero-order valence-corrected chi connectivity index (χ0v) is 14.3. The Hall–Kier alpha value is -2.21. The number of benzene rings is 1. The van der Waals surface area contributed by atoms with Gasteiger partial charge in [0.25, 0.3) is 5.91 Å². The summed E-state index contributed by atoms with van der Waals surface area (Å²) in [5.41, 5.74) is 2.24. The van der Waals surface area contributed by atoms with Crippen LogP contribution >= 0.6 is 11.3 Å². The molecule has 1 N–H and O–H groups in total. The van der Waals surface area contributed by atoms with Gasteiger partial charge < -0.3 is 4.90 Å². The third-order valence-electron chi connectivity index (χ3n) is 4.76. The van der Waals surface area contributed by atoms with Gasteiger partial charge in [0.2, 0.25) is 0 Å². The number of fused-ring (bicyclic) bond motifs is 1. The fraction of sp³-hybridized carbons (Fsp3) is 0.389. The molecule has 1 aromatic carbocycles. The summed E-state index contributed by atoms with van der Waals surface area (Å²) in [6, 6.07) is 10.2. The molecule has 1 saturated heterocycles. The number of hydrogen-bond acceptors (Lipinski definition) is 4. The molecule has 4 rings (SSSR count). The first-order valence-electron chi connectivity index (χ1n) is 8.45. The lowest BCUT2D eigenvalue weighted by Gasteiger charge is -2.36.